The van der Waals surface area contributed by atoms with E-state index in [2.05, 4.69) is 5.32 Å². The molecular weight excluding hydrogens is 265 g/mol. The van der Waals surface area contributed by atoms with Crippen molar-refractivity contribution in [2.75, 3.05) is 20.3 Å². The molecule has 0 unspecified atom stereocenters. The fraction of sp³-hybridized carbons (Fsp3) is 0.357. The Hall–Kier alpha value is -1.46. The Bertz CT molecular complexity index is 594. The Morgan fingerprint density at radius 2 is 2.26 bits per heavy atom. The van der Waals surface area contributed by atoms with E-state index in [1.54, 1.807) is 20.1 Å². The van der Waals surface area contributed by atoms with Crippen LogP contribution in [0.4, 0.5) is 4.39 Å². The molecular formula is C14H16FNO2S. The number of hydrogen-bond donors (Lipinski definition) is 1. The zero-order valence-electron chi connectivity index (χ0n) is 11.0. The van der Waals surface area contributed by atoms with Crippen molar-refractivity contribution in [2.24, 2.45) is 0 Å². The van der Waals surface area contributed by atoms with E-state index in [1.807, 2.05) is 6.07 Å². The maximum atomic E-state index is 13.7. The zero-order chi connectivity index (χ0) is 13.8. The first-order chi connectivity index (χ1) is 9.15. The molecule has 1 N–H and O–H groups in total. The summed E-state index contributed by atoms with van der Waals surface area (Å²) >= 11 is 1.33. The lowest BCUT2D eigenvalue weighted by Crippen LogP contribution is -2.24. The molecule has 0 bridgehead atoms. The van der Waals surface area contributed by atoms with Gasteiger partial charge in [-0.3, -0.25) is 4.79 Å². The number of aryl methyl sites for hydroxylation is 1. The maximum Gasteiger partial charge on any atom is 0.261 e. The molecule has 5 heteroatoms. The fourth-order valence-corrected chi connectivity index (χ4v) is 3.11. The van der Waals surface area contributed by atoms with Crippen molar-refractivity contribution < 1.29 is 13.9 Å². The Morgan fingerprint density at radius 3 is 2.95 bits per heavy atom. The zero-order valence-corrected chi connectivity index (χ0v) is 11.8. The standard InChI is InChI=1S/C14H16FNO2S/c1-9-12-10(15)5-3-6-11(12)19-13(9)14(17)16-7-4-8-18-2/h3,5-6H,4,7-8H2,1-2H3,(H,16,17). The van der Waals surface area contributed by atoms with Gasteiger partial charge in [0.2, 0.25) is 0 Å². The highest BCUT2D eigenvalue weighted by Crippen LogP contribution is 2.32. The number of amides is 1. The number of benzene rings is 1. The molecule has 0 saturated carbocycles. The quantitative estimate of drug-likeness (QED) is 0.855. The smallest absolute Gasteiger partial charge is 0.261 e. The molecule has 0 aliphatic rings. The Morgan fingerprint density at radius 1 is 1.47 bits per heavy atom. The van der Waals surface area contributed by atoms with E-state index >= 15 is 0 Å². The van der Waals surface area contributed by atoms with E-state index in [4.69, 9.17) is 4.74 Å². The number of thiophene rings is 1. The van der Waals surface area contributed by atoms with Gasteiger partial charge in [-0.2, -0.15) is 0 Å². The third kappa shape index (κ3) is 2.93. The second kappa shape index (κ2) is 6.12. The van der Waals surface area contributed by atoms with E-state index in [0.717, 1.165) is 11.1 Å². The van der Waals surface area contributed by atoms with Gasteiger partial charge in [0.15, 0.2) is 0 Å². The summed E-state index contributed by atoms with van der Waals surface area (Å²) < 4.78 is 19.5. The van der Waals surface area contributed by atoms with Crippen LogP contribution in [0.5, 0.6) is 0 Å². The number of halogens is 1. The maximum absolute atomic E-state index is 13.7. The first-order valence-corrected chi connectivity index (χ1v) is 6.91. The van der Waals surface area contributed by atoms with Crippen molar-refractivity contribution in [3.8, 4) is 0 Å². The largest absolute Gasteiger partial charge is 0.385 e. The van der Waals surface area contributed by atoms with Gasteiger partial charge < -0.3 is 10.1 Å². The number of methoxy groups -OCH3 is 1. The summed E-state index contributed by atoms with van der Waals surface area (Å²) in [5, 5.41) is 3.37. The van der Waals surface area contributed by atoms with Crippen LogP contribution < -0.4 is 5.32 Å². The van der Waals surface area contributed by atoms with Crippen LogP contribution in [-0.4, -0.2) is 26.2 Å². The Balaban J connectivity index is 2.18. The van der Waals surface area contributed by atoms with Gasteiger partial charge in [-0.05, 0) is 31.0 Å². The number of carbonyl (C=O) groups is 1. The molecule has 102 valence electrons. The topological polar surface area (TPSA) is 38.3 Å². The highest BCUT2D eigenvalue weighted by molar-refractivity contribution is 7.21. The fourth-order valence-electron chi connectivity index (χ4n) is 1.97. The van der Waals surface area contributed by atoms with Crippen LogP contribution in [0.2, 0.25) is 0 Å². The van der Waals surface area contributed by atoms with E-state index in [0.29, 0.717) is 29.0 Å². The number of nitrogens with one attached hydrogen (secondary N) is 1. The number of fused-ring (bicyclic) bond motifs is 1. The van der Waals surface area contributed by atoms with Crippen molar-refractivity contribution in [3.05, 3.63) is 34.5 Å². The second-order valence-electron chi connectivity index (χ2n) is 4.27. The van der Waals surface area contributed by atoms with Crippen molar-refractivity contribution in [2.45, 2.75) is 13.3 Å². The summed E-state index contributed by atoms with van der Waals surface area (Å²) in [5.41, 5.74) is 0.711. The minimum Gasteiger partial charge on any atom is -0.385 e. The number of carbonyl (C=O) groups excluding carboxylic acids is 1. The van der Waals surface area contributed by atoms with E-state index in [-0.39, 0.29) is 11.7 Å². The van der Waals surface area contributed by atoms with Crippen LogP contribution in [0.1, 0.15) is 21.7 Å². The molecule has 1 aromatic carbocycles. The van der Waals surface area contributed by atoms with Gasteiger partial charge in [-0.25, -0.2) is 4.39 Å². The van der Waals surface area contributed by atoms with Crippen molar-refractivity contribution in [3.63, 3.8) is 0 Å². The first-order valence-electron chi connectivity index (χ1n) is 6.10. The average molecular weight is 281 g/mol. The average Bonchev–Trinajstić information content (AvgIpc) is 2.73. The molecule has 0 fully saturated rings. The molecule has 0 atom stereocenters. The van der Waals surface area contributed by atoms with Crippen LogP contribution in [-0.2, 0) is 4.74 Å². The minimum absolute atomic E-state index is 0.144. The molecule has 0 aliphatic heterocycles. The normalized spacial score (nSPS) is 10.9. The summed E-state index contributed by atoms with van der Waals surface area (Å²) in [6.07, 6.45) is 0.764. The van der Waals surface area contributed by atoms with Crippen LogP contribution >= 0.6 is 11.3 Å². The summed E-state index contributed by atoms with van der Waals surface area (Å²) in [5.74, 6) is -0.418. The molecule has 2 aromatic rings. The van der Waals surface area contributed by atoms with Gasteiger partial charge in [0.05, 0.1) is 4.88 Å². The van der Waals surface area contributed by atoms with Gasteiger partial charge in [-0.1, -0.05) is 6.07 Å². The van der Waals surface area contributed by atoms with E-state index < -0.39 is 0 Å². The highest BCUT2D eigenvalue weighted by Gasteiger charge is 2.17. The summed E-state index contributed by atoms with van der Waals surface area (Å²) in [4.78, 5) is 12.6. The molecule has 0 aliphatic carbocycles. The minimum atomic E-state index is -0.273. The lowest BCUT2D eigenvalue weighted by atomic mass is 10.1. The SMILES string of the molecule is COCCCNC(=O)c1sc2cccc(F)c2c1C. The van der Waals surface area contributed by atoms with Gasteiger partial charge >= 0.3 is 0 Å². The lowest BCUT2D eigenvalue weighted by Gasteiger charge is -2.03. The van der Waals surface area contributed by atoms with Gasteiger partial charge in [0.1, 0.15) is 5.82 Å². The van der Waals surface area contributed by atoms with E-state index in [9.17, 15) is 9.18 Å². The van der Waals surface area contributed by atoms with E-state index in [1.165, 1.54) is 17.4 Å². The molecule has 19 heavy (non-hydrogen) atoms. The molecule has 0 radical (unpaired) electrons. The van der Waals surface area contributed by atoms with Crippen LogP contribution in [0.25, 0.3) is 10.1 Å². The molecule has 1 amide bonds. The molecule has 1 heterocycles. The molecule has 0 spiro atoms. The first kappa shape index (κ1) is 14.0. The number of hydrogen-bond acceptors (Lipinski definition) is 3. The summed E-state index contributed by atoms with van der Waals surface area (Å²) in [7, 11) is 1.63. The third-order valence-corrected chi connectivity index (χ3v) is 4.18. The Kier molecular flexibility index (Phi) is 4.50. The van der Waals surface area contributed by atoms with Gasteiger partial charge in [0.25, 0.3) is 5.91 Å². The van der Waals surface area contributed by atoms with Crippen LogP contribution in [0.3, 0.4) is 0 Å². The van der Waals surface area contributed by atoms with Crippen molar-refractivity contribution >= 4 is 27.3 Å². The highest BCUT2D eigenvalue weighted by atomic mass is 32.1. The summed E-state index contributed by atoms with van der Waals surface area (Å²) in [6, 6.07) is 4.91. The van der Waals surface area contributed by atoms with Crippen molar-refractivity contribution in [1.29, 1.82) is 0 Å². The monoisotopic (exact) mass is 281 g/mol. The van der Waals surface area contributed by atoms with Crippen LogP contribution in [0.15, 0.2) is 18.2 Å². The predicted octanol–water partition coefficient (Wildman–Crippen LogP) is 3.12. The van der Waals surface area contributed by atoms with Gasteiger partial charge in [0, 0.05) is 30.3 Å². The summed E-state index contributed by atoms with van der Waals surface area (Å²) in [6.45, 7) is 2.95. The molecule has 2 rings (SSSR count). The Labute approximate surface area is 115 Å². The third-order valence-electron chi connectivity index (χ3n) is 2.92. The predicted molar refractivity (Wildman–Crippen MR) is 75.3 cm³/mol. The number of rotatable bonds is 5. The lowest BCUT2D eigenvalue weighted by molar-refractivity contribution is 0.0952. The molecule has 0 saturated heterocycles. The molecule has 1 aromatic heterocycles. The molecule has 3 nitrogen and oxygen atoms in total. The van der Waals surface area contributed by atoms with Crippen LogP contribution in [0, 0.1) is 12.7 Å². The number of ether oxygens (including phenoxy) is 1. The van der Waals surface area contributed by atoms with Gasteiger partial charge in [-0.15, -0.1) is 11.3 Å². The second-order valence-corrected chi connectivity index (χ2v) is 5.32. The van der Waals surface area contributed by atoms with Crippen molar-refractivity contribution in [1.82, 2.24) is 5.32 Å².